The van der Waals surface area contributed by atoms with Gasteiger partial charge in [-0.25, -0.2) is 0 Å². The summed E-state index contributed by atoms with van der Waals surface area (Å²) in [6, 6.07) is 9.25. The van der Waals surface area contributed by atoms with Crippen LogP contribution in [0.3, 0.4) is 0 Å². The summed E-state index contributed by atoms with van der Waals surface area (Å²) >= 11 is 0. The molecule has 92 valence electrons. The number of aromatic nitrogens is 2. The molecular weight excluding hydrogens is 224 g/mol. The molecule has 0 spiro atoms. The number of hydrogen-bond donors (Lipinski definition) is 0. The highest BCUT2D eigenvalue weighted by Crippen LogP contribution is 2.14. The van der Waals surface area contributed by atoms with Crippen LogP contribution in [0, 0.1) is 13.8 Å². The number of benzene rings is 1. The molecule has 3 heteroatoms. The van der Waals surface area contributed by atoms with E-state index in [0.29, 0.717) is 5.56 Å². The predicted octanol–water partition coefficient (Wildman–Crippen LogP) is 2.93. The highest BCUT2D eigenvalue weighted by Gasteiger charge is 2.07. The SMILES string of the molecule is Cc1nn(C)c(C)c1/C=C/C(=O)c1ccccc1. The molecule has 0 radical (unpaired) electrons. The van der Waals surface area contributed by atoms with Gasteiger partial charge in [-0.3, -0.25) is 9.48 Å². The Bertz CT molecular complexity index is 594. The van der Waals surface area contributed by atoms with E-state index in [1.54, 1.807) is 6.08 Å². The van der Waals surface area contributed by atoms with Crippen molar-refractivity contribution in [1.29, 1.82) is 0 Å². The number of hydrogen-bond acceptors (Lipinski definition) is 2. The average Bonchev–Trinajstić information content (AvgIpc) is 2.62. The van der Waals surface area contributed by atoms with Crippen molar-refractivity contribution in [3.8, 4) is 0 Å². The first-order valence-corrected chi connectivity index (χ1v) is 5.87. The van der Waals surface area contributed by atoms with Crippen LogP contribution < -0.4 is 0 Å². The Labute approximate surface area is 107 Å². The molecule has 0 atom stereocenters. The third kappa shape index (κ3) is 2.40. The van der Waals surface area contributed by atoms with E-state index in [0.717, 1.165) is 17.0 Å². The number of allylic oxidation sites excluding steroid dienone is 1. The Morgan fingerprint density at radius 1 is 1.22 bits per heavy atom. The van der Waals surface area contributed by atoms with Gasteiger partial charge in [0.05, 0.1) is 5.69 Å². The summed E-state index contributed by atoms with van der Waals surface area (Å²) in [5, 5.41) is 4.32. The Kier molecular flexibility index (Phi) is 3.42. The largest absolute Gasteiger partial charge is 0.289 e. The molecule has 1 aromatic carbocycles. The van der Waals surface area contributed by atoms with Gasteiger partial charge < -0.3 is 0 Å². The summed E-state index contributed by atoms with van der Waals surface area (Å²) in [6.45, 7) is 3.94. The van der Waals surface area contributed by atoms with Crippen LogP contribution in [-0.4, -0.2) is 15.6 Å². The number of rotatable bonds is 3. The highest BCUT2D eigenvalue weighted by atomic mass is 16.1. The third-order valence-corrected chi connectivity index (χ3v) is 3.02. The third-order valence-electron chi connectivity index (χ3n) is 3.02. The summed E-state index contributed by atoms with van der Waals surface area (Å²) in [4.78, 5) is 11.9. The van der Waals surface area contributed by atoms with Crippen LogP contribution in [0.25, 0.3) is 6.08 Å². The Morgan fingerprint density at radius 2 is 1.89 bits per heavy atom. The van der Waals surface area contributed by atoms with Crippen LogP contribution in [0.1, 0.15) is 27.3 Å². The van der Waals surface area contributed by atoms with Gasteiger partial charge in [-0.05, 0) is 26.0 Å². The topological polar surface area (TPSA) is 34.9 Å². The Hall–Kier alpha value is -2.16. The van der Waals surface area contributed by atoms with E-state index in [1.807, 2.05) is 62.0 Å². The van der Waals surface area contributed by atoms with E-state index in [-0.39, 0.29) is 5.78 Å². The molecule has 0 fully saturated rings. The number of ketones is 1. The second-order valence-corrected chi connectivity index (χ2v) is 4.27. The number of carbonyl (C=O) groups is 1. The molecule has 3 nitrogen and oxygen atoms in total. The Balaban J connectivity index is 2.24. The molecule has 0 aliphatic carbocycles. The lowest BCUT2D eigenvalue weighted by Gasteiger charge is -1.96. The Morgan fingerprint density at radius 3 is 2.44 bits per heavy atom. The van der Waals surface area contributed by atoms with Crippen molar-refractivity contribution < 1.29 is 4.79 Å². The highest BCUT2D eigenvalue weighted by molar-refractivity contribution is 6.06. The van der Waals surface area contributed by atoms with E-state index in [1.165, 1.54) is 0 Å². The fourth-order valence-electron chi connectivity index (χ4n) is 1.89. The molecule has 0 N–H and O–H groups in total. The first-order chi connectivity index (χ1) is 8.59. The minimum absolute atomic E-state index is 0.0123. The first kappa shape index (κ1) is 12.3. The van der Waals surface area contributed by atoms with Gasteiger partial charge in [-0.15, -0.1) is 0 Å². The molecule has 2 rings (SSSR count). The van der Waals surface area contributed by atoms with Crippen molar-refractivity contribution in [3.05, 3.63) is 58.9 Å². The maximum absolute atomic E-state index is 11.9. The summed E-state index contributed by atoms with van der Waals surface area (Å²) in [6.07, 6.45) is 3.44. The zero-order valence-corrected chi connectivity index (χ0v) is 10.8. The van der Waals surface area contributed by atoms with Crippen molar-refractivity contribution in [2.75, 3.05) is 0 Å². The van der Waals surface area contributed by atoms with Gasteiger partial charge in [0, 0.05) is 23.9 Å². The number of aryl methyl sites for hydroxylation is 2. The lowest BCUT2D eigenvalue weighted by molar-refractivity contribution is 0.104. The number of nitrogens with zero attached hydrogens (tertiary/aromatic N) is 2. The summed E-state index contributed by atoms with van der Waals surface area (Å²) in [5.74, 6) is 0.0123. The molecule has 0 unspecified atom stereocenters. The van der Waals surface area contributed by atoms with Crippen molar-refractivity contribution in [3.63, 3.8) is 0 Å². The van der Waals surface area contributed by atoms with Crippen molar-refractivity contribution in [2.45, 2.75) is 13.8 Å². The van der Waals surface area contributed by atoms with E-state index in [9.17, 15) is 4.79 Å². The first-order valence-electron chi connectivity index (χ1n) is 5.87. The molecule has 0 saturated carbocycles. The molecule has 1 heterocycles. The maximum Gasteiger partial charge on any atom is 0.185 e. The molecule has 2 aromatic rings. The second-order valence-electron chi connectivity index (χ2n) is 4.27. The van der Waals surface area contributed by atoms with Gasteiger partial charge in [0.15, 0.2) is 5.78 Å². The smallest absolute Gasteiger partial charge is 0.185 e. The lowest BCUT2D eigenvalue weighted by Crippen LogP contribution is -1.94. The normalized spacial score (nSPS) is 11.1. The van der Waals surface area contributed by atoms with E-state index in [4.69, 9.17) is 0 Å². The molecular formula is C15H16N2O. The molecule has 0 aliphatic rings. The van der Waals surface area contributed by atoms with Crippen LogP contribution >= 0.6 is 0 Å². The zero-order valence-electron chi connectivity index (χ0n) is 10.8. The van der Waals surface area contributed by atoms with Gasteiger partial charge in [-0.1, -0.05) is 30.3 Å². The summed E-state index contributed by atoms with van der Waals surface area (Å²) in [5.41, 5.74) is 3.71. The molecule has 0 saturated heterocycles. The minimum Gasteiger partial charge on any atom is -0.289 e. The van der Waals surface area contributed by atoms with Crippen molar-refractivity contribution in [1.82, 2.24) is 9.78 Å². The van der Waals surface area contributed by atoms with Gasteiger partial charge in [0.25, 0.3) is 0 Å². The van der Waals surface area contributed by atoms with Gasteiger partial charge in [0.1, 0.15) is 0 Å². The summed E-state index contributed by atoms with van der Waals surface area (Å²) in [7, 11) is 1.90. The van der Waals surface area contributed by atoms with E-state index in [2.05, 4.69) is 5.10 Å². The van der Waals surface area contributed by atoms with Crippen LogP contribution in [-0.2, 0) is 7.05 Å². The van der Waals surface area contributed by atoms with Crippen LogP contribution in [0.15, 0.2) is 36.4 Å². The fraction of sp³-hybridized carbons (Fsp3) is 0.200. The van der Waals surface area contributed by atoms with Crippen molar-refractivity contribution in [2.24, 2.45) is 7.05 Å². The average molecular weight is 240 g/mol. The van der Waals surface area contributed by atoms with E-state index >= 15 is 0 Å². The standard InChI is InChI=1S/C15H16N2O/c1-11-14(12(2)17(3)16-11)9-10-15(18)13-7-5-4-6-8-13/h4-10H,1-3H3/b10-9+. The van der Waals surface area contributed by atoms with Gasteiger partial charge in [-0.2, -0.15) is 5.10 Å². The van der Waals surface area contributed by atoms with Crippen LogP contribution in [0.4, 0.5) is 0 Å². The maximum atomic E-state index is 11.9. The van der Waals surface area contributed by atoms with Crippen LogP contribution in [0.5, 0.6) is 0 Å². The lowest BCUT2D eigenvalue weighted by atomic mass is 10.1. The minimum atomic E-state index is 0.0123. The molecule has 1 aromatic heterocycles. The zero-order chi connectivity index (χ0) is 13.1. The molecule has 0 aliphatic heterocycles. The van der Waals surface area contributed by atoms with Crippen LogP contribution in [0.2, 0.25) is 0 Å². The fourth-order valence-corrected chi connectivity index (χ4v) is 1.89. The van der Waals surface area contributed by atoms with Gasteiger partial charge in [0.2, 0.25) is 0 Å². The molecule has 0 amide bonds. The second kappa shape index (κ2) is 5.00. The quantitative estimate of drug-likeness (QED) is 0.610. The number of carbonyl (C=O) groups excluding carboxylic acids is 1. The van der Waals surface area contributed by atoms with E-state index < -0.39 is 0 Å². The molecule has 0 bridgehead atoms. The summed E-state index contributed by atoms with van der Waals surface area (Å²) < 4.78 is 1.82. The van der Waals surface area contributed by atoms with Crippen molar-refractivity contribution >= 4 is 11.9 Å². The molecule has 18 heavy (non-hydrogen) atoms. The van der Waals surface area contributed by atoms with Gasteiger partial charge >= 0.3 is 0 Å². The monoisotopic (exact) mass is 240 g/mol. The predicted molar refractivity (Wildman–Crippen MR) is 72.5 cm³/mol.